The monoisotopic (exact) mass is 146 g/mol. The van der Waals surface area contributed by atoms with E-state index in [2.05, 4.69) is 4.90 Å². The first-order valence-corrected chi connectivity index (χ1v) is 3.50. The Labute approximate surface area is 63.1 Å². The van der Waals surface area contributed by atoms with E-state index in [0.717, 1.165) is 13.0 Å². The second-order valence-corrected chi connectivity index (χ2v) is 3.43. The van der Waals surface area contributed by atoms with Crippen molar-refractivity contribution in [3.63, 3.8) is 0 Å². The van der Waals surface area contributed by atoms with Crippen molar-refractivity contribution < 1.29 is 4.84 Å². The second-order valence-electron chi connectivity index (χ2n) is 3.43. The van der Waals surface area contributed by atoms with Gasteiger partial charge in [0.2, 0.25) is 0 Å². The summed E-state index contributed by atoms with van der Waals surface area (Å²) in [7, 11) is 4.07. The van der Waals surface area contributed by atoms with E-state index in [9.17, 15) is 0 Å². The lowest BCUT2D eigenvalue weighted by Gasteiger charge is -2.23. The summed E-state index contributed by atoms with van der Waals surface area (Å²) in [5, 5.41) is 0. The Morgan fingerprint density at radius 2 is 1.90 bits per heavy atom. The van der Waals surface area contributed by atoms with Crippen molar-refractivity contribution in [2.24, 2.45) is 5.90 Å². The van der Waals surface area contributed by atoms with Gasteiger partial charge in [0.25, 0.3) is 0 Å². The normalized spacial score (nSPS) is 12.6. The first-order valence-electron chi connectivity index (χ1n) is 3.50. The topological polar surface area (TPSA) is 38.5 Å². The highest BCUT2D eigenvalue weighted by atomic mass is 16.6. The fourth-order valence-electron chi connectivity index (χ4n) is 0.552. The molecule has 3 nitrogen and oxygen atoms in total. The van der Waals surface area contributed by atoms with E-state index in [-0.39, 0.29) is 5.60 Å². The van der Waals surface area contributed by atoms with Gasteiger partial charge in [-0.25, -0.2) is 5.90 Å². The molecule has 0 aromatic rings. The van der Waals surface area contributed by atoms with Crippen LogP contribution in [0.3, 0.4) is 0 Å². The first kappa shape index (κ1) is 9.88. The number of hydrogen-bond acceptors (Lipinski definition) is 3. The van der Waals surface area contributed by atoms with Gasteiger partial charge in [0.1, 0.15) is 0 Å². The van der Waals surface area contributed by atoms with Gasteiger partial charge in [-0.05, 0) is 34.4 Å². The maximum Gasteiger partial charge on any atom is 0.0850 e. The average molecular weight is 146 g/mol. The van der Waals surface area contributed by atoms with Gasteiger partial charge < -0.3 is 4.90 Å². The summed E-state index contributed by atoms with van der Waals surface area (Å²) in [5.74, 6) is 5.07. The van der Waals surface area contributed by atoms with E-state index in [1.807, 2.05) is 27.9 Å². The molecule has 0 bridgehead atoms. The molecule has 0 saturated carbocycles. The zero-order valence-electron chi connectivity index (χ0n) is 7.35. The summed E-state index contributed by atoms with van der Waals surface area (Å²) < 4.78 is 0. The third kappa shape index (κ3) is 4.73. The lowest BCUT2D eigenvalue weighted by molar-refractivity contribution is -0.0288. The molecule has 0 saturated heterocycles. The van der Waals surface area contributed by atoms with E-state index in [1.165, 1.54) is 0 Å². The smallest absolute Gasteiger partial charge is 0.0850 e. The molecule has 62 valence electrons. The summed E-state index contributed by atoms with van der Waals surface area (Å²) >= 11 is 0. The van der Waals surface area contributed by atoms with E-state index in [0.29, 0.717) is 0 Å². The van der Waals surface area contributed by atoms with Crippen LogP contribution in [-0.4, -0.2) is 31.1 Å². The van der Waals surface area contributed by atoms with Crippen LogP contribution in [-0.2, 0) is 4.84 Å². The van der Waals surface area contributed by atoms with Gasteiger partial charge in [-0.2, -0.15) is 0 Å². The Balaban J connectivity index is 3.46. The minimum Gasteiger partial charge on any atom is -0.309 e. The average Bonchev–Trinajstić information content (AvgIpc) is 1.85. The molecule has 0 atom stereocenters. The molecular weight excluding hydrogens is 128 g/mol. The minimum absolute atomic E-state index is 0.190. The maximum atomic E-state index is 5.07. The Morgan fingerprint density at radius 3 is 2.20 bits per heavy atom. The van der Waals surface area contributed by atoms with Gasteiger partial charge in [0, 0.05) is 6.54 Å². The van der Waals surface area contributed by atoms with Crippen molar-refractivity contribution >= 4 is 0 Å². The summed E-state index contributed by atoms with van der Waals surface area (Å²) in [4.78, 5) is 6.87. The molecule has 0 aliphatic carbocycles. The van der Waals surface area contributed by atoms with E-state index >= 15 is 0 Å². The van der Waals surface area contributed by atoms with Crippen LogP contribution >= 0.6 is 0 Å². The number of hydrogen-bond donors (Lipinski definition) is 1. The highest BCUT2D eigenvalue weighted by Crippen LogP contribution is 2.10. The molecule has 10 heavy (non-hydrogen) atoms. The predicted molar refractivity (Wildman–Crippen MR) is 42.5 cm³/mol. The SMILES string of the molecule is CN(C)CCC(C)(C)ON. The molecule has 0 aliphatic heterocycles. The van der Waals surface area contributed by atoms with E-state index in [1.54, 1.807) is 0 Å². The molecule has 0 fully saturated rings. The number of nitrogens with two attached hydrogens (primary N) is 1. The highest BCUT2D eigenvalue weighted by Gasteiger charge is 2.16. The Hall–Kier alpha value is -0.120. The maximum absolute atomic E-state index is 5.07. The zero-order chi connectivity index (χ0) is 8.20. The predicted octanol–water partition coefficient (Wildman–Crippen LogP) is 0.607. The largest absolute Gasteiger partial charge is 0.309 e. The molecule has 0 heterocycles. The van der Waals surface area contributed by atoms with Gasteiger partial charge >= 0.3 is 0 Å². The van der Waals surface area contributed by atoms with Gasteiger partial charge in [0.15, 0.2) is 0 Å². The molecule has 3 heteroatoms. The molecular formula is C7H18N2O. The Kier molecular flexibility index (Phi) is 3.86. The number of rotatable bonds is 4. The highest BCUT2D eigenvalue weighted by molar-refractivity contribution is 4.67. The fourth-order valence-corrected chi connectivity index (χ4v) is 0.552. The molecule has 0 aliphatic rings. The van der Waals surface area contributed by atoms with Crippen LogP contribution in [0.5, 0.6) is 0 Å². The molecule has 0 unspecified atom stereocenters. The molecule has 0 aromatic heterocycles. The van der Waals surface area contributed by atoms with Crippen LogP contribution in [0, 0.1) is 0 Å². The van der Waals surface area contributed by atoms with Gasteiger partial charge in [-0.1, -0.05) is 0 Å². The summed E-state index contributed by atoms with van der Waals surface area (Å²) in [6.07, 6.45) is 0.955. The van der Waals surface area contributed by atoms with Crippen LogP contribution in [0.1, 0.15) is 20.3 Å². The molecule has 0 amide bonds. The molecule has 0 aromatic carbocycles. The zero-order valence-corrected chi connectivity index (χ0v) is 7.35. The first-order chi connectivity index (χ1) is 4.48. The summed E-state index contributed by atoms with van der Waals surface area (Å²) in [6.45, 7) is 4.97. The van der Waals surface area contributed by atoms with Crippen molar-refractivity contribution in [3.8, 4) is 0 Å². The quantitative estimate of drug-likeness (QED) is 0.590. The van der Waals surface area contributed by atoms with Crippen LogP contribution in [0.2, 0.25) is 0 Å². The third-order valence-corrected chi connectivity index (χ3v) is 1.48. The van der Waals surface area contributed by atoms with Gasteiger partial charge in [0.05, 0.1) is 5.60 Å². The molecule has 2 N–H and O–H groups in total. The second kappa shape index (κ2) is 3.91. The third-order valence-electron chi connectivity index (χ3n) is 1.48. The number of nitrogens with zero attached hydrogens (tertiary/aromatic N) is 1. The standard InChI is InChI=1S/C7H18N2O/c1-7(2,10-8)5-6-9(3)4/h5-6,8H2,1-4H3. The van der Waals surface area contributed by atoms with Crippen LogP contribution < -0.4 is 5.90 Å². The van der Waals surface area contributed by atoms with Crippen molar-refractivity contribution in [1.82, 2.24) is 4.90 Å². The van der Waals surface area contributed by atoms with Crippen LogP contribution in [0.4, 0.5) is 0 Å². The van der Waals surface area contributed by atoms with Crippen LogP contribution in [0.25, 0.3) is 0 Å². The van der Waals surface area contributed by atoms with Crippen molar-refractivity contribution in [2.75, 3.05) is 20.6 Å². The van der Waals surface area contributed by atoms with Crippen molar-refractivity contribution in [2.45, 2.75) is 25.9 Å². The van der Waals surface area contributed by atoms with Gasteiger partial charge in [-0.15, -0.1) is 0 Å². The lowest BCUT2D eigenvalue weighted by Crippen LogP contribution is -2.32. The van der Waals surface area contributed by atoms with Crippen molar-refractivity contribution in [1.29, 1.82) is 0 Å². The van der Waals surface area contributed by atoms with Gasteiger partial charge in [-0.3, -0.25) is 4.84 Å². The molecule has 0 rings (SSSR count). The molecule has 0 spiro atoms. The minimum atomic E-state index is -0.190. The fraction of sp³-hybridized carbons (Fsp3) is 1.00. The summed E-state index contributed by atoms with van der Waals surface area (Å²) in [5.41, 5.74) is -0.190. The molecule has 0 radical (unpaired) electrons. The van der Waals surface area contributed by atoms with E-state index in [4.69, 9.17) is 10.7 Å². The summed E-state index contributed by atoms with van der Waals surface area (Å²) in [6, 6.07) is 0. The van der Waals surface area contributed by atoms with Crippen LogP contribution in [0.15, 0.2) is 0 Å². The Bertz CT molecular complexity index is 91.6. The van der Waals surface area contributed by atoms with Crippen molar-refractivity contribution in [3.05, 3.63) is 0 Å². The Morgan fingerprint density at radius 1 is 1.40 bits per heavy atom. The lowest BCUT2D eigenvalue weighted by atomic mass is 10.1. The van der Waals surface area contributed by atoms with E-state index < -0.39 is 0 Å².